The Labute approximate surface area is 62.6 Å². The lowest BCUT2D eigenvalue weighted by Gasteiger charge is -2.02. The van der Waals surface area contributed by atoms with Crippen molar-refractivity contribution < 1.29 is 5.21 Å². The third-order valence-corrected chi connectivity index (χ3v) is 1.11. The summed E-state index contributed by atoms with van der Waals surface area (Å²) in [5.41, 5.74) is 7.22. The second kappa shape index (κ2) is 2.93. The fraction of sp³-hybridized carbons (Fsp3) is 0. The summed E-state index contributed by atoms with van der Waals surface area (Å²) in [6.07, 6.45) is 2.58. The SMILES string of the molecule is N=C(N)c1cncnc1NO. The van der Waals surface area contributed by atoms with Gasteiger partial charge in [-0.05, 0) is 0 Å². The molecule has 58 valence electrons. The molecule has 1 heterocycles. The number of amidine groups is 1. The maximum absolute atomic E-state index is 8.47. The maximum atomic E-state index is 8.47. The molecule has 0 aliphatic carbocycles. The van der Waals surface area contributed by atoms with Crippen molar-refractivity contribution in [2.45, 2.75) is 0 Å². The Morgan fingerprint density at radius 3 is 2.91 bits per heavy atom. The zero-order valence-corrected chi connectivity index (χ0v) is 5.57. The van der Waals surface area contributed by atoms with Gasteiger partial charge in [-0.25, -0.2) is 9.97 Å². The van der Waals surface area contributed by atoms with E-state index < -0.39 is 0 Å². The highest BCUT2D eigenvalue weighted by molar-refractivity contribution is 5.98. The fourth-order valence-electron chi connectivity index (χ4n) is 0.616. The summed E-state index contributed by atoms with van der Waals surface area (Å²) in [5, 5.41) is 15.5. The summed E-state index contributed by atoms with van der Waals surface area (Å²) in [6.45, 7) is 0. The van der Waals surface area contributed by atoms with Crippen LogP contribution in [0.2, 0.25) is 0 Å². The molecule has 6 nitrogen and oxygen atoms in total. The van der Waals surface area contributed by atoms with Gasteiger partial charge in [0, 0.05) is 6.20 Å². The number of nitrogens with zero attached hydrogens (tertiary/aromatic N) is 2. The van der Waals surface area contributed by atoms with Crippen LogP contribution in [0.5, 0.6) is 0 Å². The molecule has 0 bridgehead atoms. The van der Waals surface area contributed by atoms with E-state index >= 15 is 0 Å². The molecule has 0 saturated heterocycles. The molecule has 6 heteroatoms. The summed E-state index contributed by atoms with van der Waals surface area (Å²) >= 11 is 0. The van der Waals surface area contributed by atoms with Gasteiger partial charge in [-0.3, -0.25) is 16.1 Å². The van der Waals surface area contributed by atoms with Crippen molar-refractivity contribution >= 4 is 11.7 Å². The first kappa shape index (κ1) is 7.42. The van der Waals surface area contributed by atoms with Crippen LogP contribution in [-0.2, 0) is 0 Å². The molecule has 1 rings (SSSR count). The molecular weight excluding hydrogens is 146 g/mol. The van der Waals surface area contributed by atoms with Crippen LogP contribution >= 0.6 is 0 Å². The average Bonchev–Trinajstić information content (AvgIpc) is 2.04. The average molecular weight is 153 g/mol. The minimum atomic E-state index is -0.192. The molecule has 0 aromatic carbocycles. The number of hydrogen-bond donors (Lipinski definition) is 4. The zero-order chi connectivity index (χ0) is 8.27. The van der Waals surface area contributed by atoms with Crippen LogP contribution in [0.3, 0.4) is 0 Å². The molecule has 0 aliphatic heterocycles. The number of hydrogen-bond acceptors (Lipinski definition) is 5. The Kier molecular flexibility index (Phi) is 1.98. The summed E-state index contributed by atoms with van der Waals surface area (Å²) in [6, 6.07) is 0. The monoisotopic (exact) mass is 153 g/mol. The summed E-state index contributed by atoms with van der Waals surface area (Å²) < 4.78 is 0. The molecule has 0 atom stereocenters. The molecule has 0 spiro atoms. The third kappa shape index (κ3) is 1.41. The number of rotatable bonds is 2. The Bertz CT molecular complexity index is 273. The van der Waals surface area contributed by atoms with Crippen LogP contribution in [-0.4, -0.2) is 21.0 Å². The van der Waals surface area contributed by atoms with Crippen LogP contribution < -0.4 is 11.2 Å². The van der Waals surface area contributed by atoms with Gasteiger partial charge in [0.1, 0.15) is 12.2 Å². The van der Waals surface area contributed by atoms with Gasteiger partial charge in [0.25, 0.3) is 0 Å². The zero-order valence-electron chi connectivity index (χ0n) is 5.57. The van der Waals surface area contributed by atoms with E-state index in [0.29, 0.717) is 0 Å². The Balaban J connectivity index is 3.12. The van der Waals surface area contributed by atoms with E-state index in [-0.39, 0.29) is 17.2 Å². The Hall–Kier alpha value is -1.69. The summed E-state index contributed by atoms with van der Waals surface area (Å²) in [5.74, 6) is -0.0605. The van der Waals surface area contributed by atoms with Crippen molar-refractivity contribution in [3.05, 3.63) is 18.1 Å². The predicted octanol–water partition coefficient (Wildman–Crippen LogP) is -0.438. The minimum absolute atomic E-state index is 0.132. The van der Waals surface area contributed by atoms with Gasteiger partial charge in [-0.15, -0.1) is 0 Å². The number of anilines is 1. The van der Waals surface area contributed by atoms with Crippen molar-refractivity contribution in [3.8, 4) is 0 Å². The highest BCUT2D eigenvalue weighted by atomic mass is 16.5. The van der Waals surface area contributed by atoms with Crippen LogP contribution in [0.25, 0.3) is 0 Å². The first-order valence-corrected chi connectivity index (χ1v) is 2.80. The van der Waals surface area contributed by atoms with E-state index in [9.17, 15) is 0 Å². The molecule has 1 aromatic heterocycles. The number of aromatic nitrogens is 2. The Morgan fingerprint density at radius 2 is 2.45 bits per heavy atom. The van der Waals surface area contributed by atoms with E-state index in [0.717, 1.165) is 0 Å². The van der Waals surface area contributed by atoms with E-state index in [2.05, 4.69) is 9.97 Å². The summed E-state index contributed by atoms with van der Waals surface area (Å²) in [7, 11) is 0. The van der Waals surface area contributed by atoms with Gasteiger partial charge in [-0.1, -0.05) is 0 Å². The second-order valence-corrected chi connectivity index (χ2v) is 1.81. The van der Waals surface area contributed by atoms with Gasteiger partial charge in [0.05, 0.1) is 5.56 Å². The van der Waals surface area contributed by atoms with Crippen LogP contribution in [0, 0.1) is 5.41 Å². The van der Waals surface area contributed by atoms with Gasteiger partial charge in [0.2, 0.25) is 0 Å². The van der Waals surface area contributed by atoms with E-state index in [1.807, 2.05) is 0 Å². The second-order valence-electron chi connectivity index (χ2n) is 1.81. The van der Waals surface area contributed by atoms with E-state index in [1.54, 1.807) is 5.48 Å². The van der Waals surface area contributed by atoms with Gasteiger partial charge >= 0.3 is 0 Å². The normalized spacial score (nSPS) is 9.18. The van der Waals surface area contributed by atoms with E-state index in [4.69, 9.17) is 16.4 Å². The maximum Gasteiger partial charge on any atom is 0.163 e. The van der Waals surface area contributed by atoms with Crippen LogP contribution in [0.15, 0.2) is 12.5 Å². The molecule has 0 saturated carbocycles. The van der Waals surface area contributed by atoms with Crippen molar-refractivity contribution in [2.75, 3.05) is 5.48 Å². The summed E-state index contributed by atoms with van der Waals surface area (Å²) in [4.78, 5) is 7.26. The van der Waals surface area contributed by atoms with Crippen LogP contribution in [0.1, 0.15) is 5.56 Å². The molecule has 0 unspecified atom stereocenters. The predicted molar refractivity (Wildman–Crippen MR) is 38.5 cm³/mol. The largest absolute Gasteiger partial charge is 0.384 e. The number of nitrogen functional groups attached to an aromatic ring is 1. The highest BCUT2D eigenvalue weighted by Gasteiger charge is 2.03. The lowest BCUT2D eigenvalue weighted by Crippen LogP contribution is -2.14. The standard InChI is InChI=1S/C5H7N5O/c6-4(7)3-1-8-2-9-5(3)10-11/h1-2,11H,(H3,6,7)(H,8,9,10). The van der Waals surface area contributed by atoms with Crippen molar-refractivity contribution in [1.29, 1.82) is 5.41 Å². The molecular formula is C5H7N5O. The molecule has 1 aromatic rings. The quantitative estimate of drug-likeness (QED) is 0.262. The lowest BCUT2D eigenvalue weighted by atomic mass is 10.3. The fourth-order valence-corrected chi connectivity index (χ4v) is 0.616. The number of nitrogens with two attached hydrogens (primary N) is 1. The highest BCUT2D eigenvalue weighted by Crippen LogP contribution is 2.06. The van der Waals surface area contributed by atoms with Gasteiger partial charge in [-0.2, -0.15) is 0 Å². The molecule has 0 amide bonds. The molecule has 0 radical (unpaired) electrons. The molecule has 5 N–H and O–H groups in total. The van der Waals surface area contributed by atoms with Crippen molar-refractivity contribution in [1.82, 2.24) is 9.97 Å². The van der Waals surface area contributed by atoms with Crippen molar-refractivity contribution in [3.63, 3.8) is 0 Å². The van der Waals surface area contributed by atoms with Gasteiger partial charge < -0.3 is 5.73 Å². The lowest BCUT2D eigenvalue weighted by molar-refractivity contribution is 0.385. The molecule has 0 fully saturated rings. The topological polar surface area (TPSA) is 108 Å². The third-order valence-electron chi connectivity index (χ3n) is 1.11. The molecule has 0 aliphatic rings. The minimum Gasteiger partial charge on any atom is -0.384 e. The number of nitrogens with one attached hydrogen (secondary N) is 2. The smallest absolute Gasteiger partial charge is 0.163 e. The van der Waals surface area contributed by atoms with Crippen molar-refractivity contribution in [2.24, 2.45) is 5.73 Å². The Morgan fingerprint density at radius 1 is 1.73 bits per heavy atom. The van der Waals surface area contributed by atoms with Gasteiger partial charge in [0.15, 0.2) is 5.82 Å². The first-order chi connectivity index (χ1) is 5.25. The first-order valence-electron chi connectivity index (χ1n) is 2.80. The molecule has 11 heavy (non-hydrogen) atoms. The van der Waals surface area contributed by atoms with E-state index in [1.165, 1.54) is 12.5 Å². The van der Waals surface area contributed by atoms with Crippen LogP contribution in [0.4, 0.5) is 5.82 Å².